The van der Waals surface area contributed by atoms with Gasteiger partial charge in [0.2, 0.25) is 0 Å². The molecule has 9 heteroatoms. The minimum Gasteiger partial charge on any atom is -0.497 e. The molecule has 6 rings (SSSR count). The Bertz CT molecular complexity index is 1870. The second-order valence-electron chi connectivity index (χ2n) is 9.29. The van der Waals surface area contributed by atoms with Gasteiger partial charge < -0.3 is 9.47 Å². The van der Waals surface area contributed by atoms with E-state index in [1.807, 2.05) is 36.4 Å². The van der Waals surface area contributed by atoms with Gasteiger partial charge in [-0.1, -0.05) is 63.7 Å². The van der Waals surface area contributed by atoms with Crippen molar-refractivity contribution in [3.05, 3.63) is 117 Å². The number of esters is 1. The number of aryl methyl sites for hydroxylation is 1. The summed E-state index contributed by atoms with van der Waals surface area (Å²) in [5, 5.41) is 0. The Kier molecular flexibility index (Phi) is 6.91. The van der Waals surface area contributed by atoms with E-state index in [2.05, 4.69) is 50.1 Å². The average molecular weight is 666 g/mol. The van der Waals surface area contributed by atoms with E-state index < -0.39 is 5.97 Å². The van der Waals surface area contributed by atoms with Crippen molar-refractivity contribution in [1.82, 2.24) is 4.57 Å². The standard InChI is InChI=1S/C30H22Br2N2O4S/c1-16(35)38-28-19(12-20(31)15-24(28)32)14-25-29(36)34-27(18-7-5-8-21(13-18)37-2)23-11-10-17-6-3-4-9-22(17)26(23)33-30(34)39-25/h3-9,12-15,27H,10-11H2,1-2H3/b25-14+/t27-/m0/s1. The number of nitrogens with zero attached hydrogens (tertiary/aromatic N) is 2. The van der Waals surface area contributed by atoms with Crippen molar-refractivity contribution in [1.29, 1.82) is 0 Å². The van der Waals surface area contributed by atoms with Crippen LogP contribution in [0.1, 0.15) is 41.6 Å². The van der Waals surface area contributed by atoms with Crippen LogP contribution >= 0.6 is 43.2 Å². The lowest BCUT2D eigenvalue weighted by molar-refractivity contribution is -0.131. The molecule has 0 unspecified atom stereocenters. The number of halogens is 2. The number of ether oxygens (including phenoxy) is 2. The summed E-state index contributed by atoms with van der Waals surface area (Å²) < 4.78 is 14.7. The van der Waals surface area contributed by atoms with Gasteiger partial charge in [0.05, 0.1) is 27.9 Å². The van der Waals surface area contributed by atoms with E-state index in [1.54, 1.807) is 23.8 Å². The molecule has 4 aromatic rings. The molecule has 0 N–H and O–H groups in total. The molecule has 0 amide bonds. The van der Waals surface area contributed by atoms with Crippen LogP contribution in [-0.4, -0.2) is 17.6 Å². The first-order valence-corrected chi connectivity index (χ1v) is 14.7. The first-order valence-electron chi connectivity index (χ1n) is 12.3. The normalized spacial score (nSPS) is 16.2. The van der Waals surface area contributed by atoms with Crippen molar-refractivity contribution in [2.75, 3.05) is 7.11 Å². The summed E-state index contributed by atoms with van der Waals surface area (Å²) in [5.41, 5.74) is 5.83. The predicted octanol–water partition coefficient (Wildman–Crippen LogP) is 5.78. The van der Waals surface area contributed by atoms with Gasteiger partial charge in [-0.25, -0.2) is 4.99 Å². The molecule has 2 aliphatic rings. The highest BCUT2D eigenvalue weighted by Crippen LogP contribution is 2.41. The van der Waals surface area contributed by atoms with E-state index in [0.717, 1.165) is 45.5 Å². The number of carbonyl (C=O) groups excluding carboxylic acids is 1. The topological polar surface area (TPSA) is 69.9 Å². The Labute approximate surface area is 245 Å². The second-order valence-corrected chi connectivity index (χ2v) is 12.1. The van der Waals surface area contributed by atoms with E-state index in [-0.39, 0.29) is 11.6 Å². The minimum atomic E-state index is -0.446. The zero-order chi connectivity index (χ0) is 27.3. The summed E-state index contributed by atoms with van der Waals surface area (Å²) in [6.45, 7) is 1.35. The number of hydrogen-bond donors (Lipinski definition) is 0. The van der Waals surface area contributed by atoms with Gasteiger partial charge in [-0.3, -0.25) is 14.2 Å². The Balaban J connectivity index is 1.62. The molecule has 196 valence electrons. The number of hydrogen-bond acceptors (Lipinski definition) is 6. The molecule has 1 aliphatic carbocycles. The molecule has 39 heavy (non-hydrogen) atoms. The van der Waals surface area contributed by atoms with Crippen LogP contribution in [0.4, 0.5) is 0 Å². The third-order valence-electron chi connectivity index (χ3n) is 6.85. The van der Waals surface area contributed by atoms with Gasteiger partial charge >= 0.3 is 5.97 Å². The fourth-order valence-corrected chi connectivity index (χ4v) is 7.55. The molecular weight excluding hydrogens is 644 g/mol. The van der Waals surface area contributed by atoms with E-state index in [4.69, 9.17) is 14.5 Å². The number of benzene rings is 3. The van der Waals surface area contributed by atoms with Crippen molar-refractivity contribution in [3.63, 3.8) is 0 Å². The fraction of sp³-hybridized carbons (Fsp3) is 0.167. The van der Waals surface area contributed by atoms with Gasteiger partial charge in [-0.15, -0.1) is 0 Å². The lowest BCUT2D eigenvalue weighted by Gasteiger charge is -2.31. The monoisotopic (exact) mass is 664 g/mol. The molecule has 0 saturated heterocycles. The highest BCUT2D eigenvalue weighted by molar-refractivity contribution is 9.11. The summed E-state index contributed by atoms with van der Waals surface area (Å²) in [7, 11) is 1.64. The van der Waals surface area contributed by atoms with E-state index in [1.165, 1.54) is 23.8 Å². The molecule has 1 aromatic heterocycles. The van der Waals surface area contributed by atoms with E-state index >= 15 is 0 Å². The predicted molar refractivity (Wildman–Crippen MR) is 159 cm³/mol. The lowest BCUT2D eigenvalue weighted by atomic mass is 9.83. The van der Waals surface area contributed by atoms with Crippen LogP contribution in [0.5, 0.6) is 11.5 Å². The maximum Gasteiger partial charge on any atom is 0.308 e. The Hall–Kier alpha value is -3.27. The molecule has 6 nitrogen and oxygen atoms in total. The van der Waals surface area contributed by atoms with Crippen LogP contribution in [0.2, 0.25) is 0 Å². The number of aromatic nitrogens is 1. The number of thiazole rings is 1. The number of carbonyl (C=O) groups is 1. The maximum absolute atomic E-state index is 14.1. The first-order chi connectivity index (χ1) is 18.8. The lowest BCUT2D eigenvalue weighted by Crippen LogP contribution is -2.38. The van der Waals surface area contributed by atoms with Crippen LogP contribution in [0.15, 0.2) is 85.0 Å². The molecule has 0 fully saturated rings. The van der Waals surface area contributed by atoms with Gasteiger partial charge in [-0.05, 0) is 75.8 Å². The quantitative estimate of drug-likeness (QED) is 0.205. The fourth-order valence-electron chi connectivity index (χ4n) is 5.21. The van der Waals surface area contributed by atoms with Gasteiger partial charge in [0, 0.05) is 22.5 Å². The molecule has 0 bridgehead atoms. The van der Waals surface area contributed by atoms with Crippen LogP contribution < -0.4 is 24.4 Å². The van der Waals surface area contributed by atoms with Crippen molar-refractivity contribution >= 4 is 60.9 Å². The van der Waals surface area contributed by atoms with Crippen LogP contribution in [-0.2, 0) is 11.2 Å². The highest BCUT2D eigenvalue weighted by atomic mass is 79.9. The molecular formula is C30H22Br2N2O4S. The number of methoxy groups -OCH3 is 1. The number of fused-ring (bicyclic) bond motifs is 3. The van der Waals surface area contributed by atoms with Crippen molar-refractivity contribution in [2.45, 2.75) is 25.8 Å². The van der Waals surface area contributed by atoms with Crippen molar-refractivity contribution in [3.8, 4) is 11.5 Å². The Morgan fingerprint density at radius 2 is 1.92 bits per heavy atom. The Morgan fingerprint density at radius 3 is 2.72 bits per heavy atom. The highest BCUT2D eigenvalue weighted by Gasteiger charge is 2.32. The first kappa shape index (κ1) is 26.0. The molecule has 3 aromatic carbocycles. The average Bonchev–Trinajstić information content (AvgIpc) is 3.23. The van der Waals surface area contributed by atoms with Crippen LogP contribution in [0.25, 0.3) is 11.8 Å². The van der Waals surface area contributed by atoms with E-state index in [9.17, 15) is 9.59 Å². The molecule has 0 spiro atoms. The summed E-state index contributed by atoms with van der Waals surface area (Å²) in [4.78, 5) is 31.6. The third-order valence-corrected chi connectivity index (χ3v) is 8.88. The summed E-state index contributed by atoms with van der Waals surface area (Å²) in [5.74, 6) is 0.641. The zero-order valence-corrected chi connectivity index (χ0v) is 25.0. The summed E-state index contributed by atoms with van der Waals surface area (Å²) >= 11 is 8.31. The third kappa shape index (κ3) is 4.73. The summed E-state index contributed by atoms with van der Waals surface area (Å²) in [6.07, 6.45) is 3.45. The number of allylic oxidation sites excluding steroid dienone is 1. The van der Waals surface area contributed by atoms with Gasteiger partial charge in [-0.2, -0.15) is 0 Å². The smallest absolute Gasteiger partial charge is 0.308 e. The SMILES string of the molecule is COc1cccc([C@H]2C3=C(N=c4s/c(=C/c5cc(Br)cc(Br)c5OC(C)=O)c(=O)n42)c2ccccc2CC3)c1. The van der Waals surface area contributed by atoms with Crippen molar-refractivity contribution in [2.24, 2.45) is 4.99 Å². The minimum absolute atomic E-state index is 0.151. The largest absolute Gasteiger partial charge is 0.497 e. The molecule has 2 heterocycles. The molecule has 0 saturated carbocycles. The van der Waals surface area contributed by atoms with E-state index in [0.29, 0.717) is 25.1 Å². The van der Waals surface area contributed by atoms with Crippen molar-refractivity contribution < 1.29 is 14.3 Å². The second kappa shape index (κ2) is 10.4. The Morgan fingerprint density at radius 1 is 1.10 bits per heavy atom. The van der Waals surface area contributed by atoms with Gasteiger partial charge in [0.25, 0.3) is 5.56 Å². The van der Waals surface area contributed by atoms with Crippen LogP contribution in [0, 0.1) is 0 Å². The molecule has 1 aliphatic heterocycles. The molecule has 1 atom stereocenters. The van der Waals surface area contributed by atoms with Crippen LogP contribution in [0.3, 0.4) is 0 Å². The van der Waals surface area contributed by atoms with Gasteiger partial charge in [0.1, 0.15) is 5.75 Å². The zero-order valence-electron chi connectivity index (χ0n) is 21.0. The molecule has 0 radical (unpaired) electrons. The number of rotatable bonds is 4. The summed E-state index contributed by atoms with van der Waals surface area (Å²) in [6, 6.07) is 19.5. The van der Waals surface area contributed by atoms with Gasteiger partial charge in [0.15, 0.2) is 10.6 Å². The maximum atomic E-state index is 14.1.